The van der Waals surface area contributed by atoms with Crippen molar-refractivity contribution in [2.24, 2.45) is 0 Å². The van der Waals surface area contributed by atoms with E-state index in [-0.39, 0.29) is 5.97 Å². The fraction of sp³-hybridized carbons (Fsp3) is 0.457. The maximum Gasteiger partial charge on any atom is 0.320 e. The number of unbranched alkanes of at least 4 members (excludes halogenated alkanes) is 1. The van der Waals surface area contributed by atoms with Gasteiger partial charge in [-0.25, -0.2) is 0 Å². The summed E-state index contributed by atoms with van der Waals surface area (Å²) in [6, 6.07) is 33.3. The van der Waals surface area contributed by atoms with Gasteiger partial charge in [-0.05, 0) is 76.1 Å². The molecule has 0 amide bonds. The standard InChI is InChI=1S/C35H46N2O2/c1-5-6-26-37(27-33(38)39-34(2,3)4)32-24-22-31(23-25-32)36-35(28-16-10-7-11-17-28,29-18-12-8-13-19-29)30-20-14-9-15-21-30/h7-21,31-32,36H,5-6,22-27H2,1-4H3/t31-,32-. The molecular formula is C35H46N2O2. The summed E-state index contributed by atoms with van der Waals surface area (Å²) >= 11 is 0. The first-order valence-electron chi connectivity index (χ1n) is 14.7. The zero-order valence-electron chi connectivity index (χ0n) is 24.2. The van der Waals surface area contributed by atoms with E-state index >= 15 is 0 Å². The Morgan fingerprint density at radius 2 is 1.26 bits per heavy atom. The molecule has 4 nitrogen and oxygen atoms in total. The number of hydrogen-bond acceptors (Lipinski definition) is 4. The number of esters is 1. The second kappa shape index (κ2) is 13.4. The Morgan fingerprint density at radius 1 is 0.795 bits per heavy atom. The van der Waals surface area contributed by atoms with E-state index in [4.69, 9.17) is 4.74 Å². The van der Waals surface area contributed by atoms with Crippen molar-refractivity contribution in [1.82, 2.24) is 10.2 Å². The summed E-state index contributed by atoms with van der Waals surface area (Å²) in [5, 5.41) is 4.18. The molecular weight excluding hydrogens is 480 g/mol. The Balaban J connectivity index is 1.57. The Kier molecular flexibility index (Phi) is 9.99. The van der Waals surface area contributed by atoms with Gasteiger partial charge in [-0.1, -0.05) is 104 Å². The van der Waals surface area contributed by atoms with Crippen LogP contribution in [0.4, 0.5) is 0 Å². The summed E-state index contributed by atoms with van der Waals surface area (Å²) in [4.78, 5) is 15.1. The summed E-state index contributed by atoms with van der Waals surface area (Å²) in [7, 11) is 0. The monoisotopic (exact) mass is 526 g/mol. The van der Waals surface area contributed by atoms with E-state index in [2.05, 4.69) is 108 Å². The molecule has 3 aromatic rings. The number of hydrogen-bond donors (Lipinski definition) is 1. The van der Waals surface area contributed by atoms with Crippen LogP contribution < -0.4 is 5.32 Å². The Morgan fingerprint density at radius 3 is 1.67 bits per heavy atom. The van der Waals surface area contributed by atoms with Crippen LogP contribution in [0, 0.1) is 0 Å². The van der Waals surface area contributed by atoms with Gasteiger partial charge in [-0.3, -0.25) is 15.0 Å². The highest BCUT2D eigenvalue weighted by molar-refractivity contribution is 5.72. The highest BCUT2D eigenvalue weighted by Crippen LogP contribution is 2.39. The van der Waals surface area contributed by atoms with E-state index in [1.54, 1.807) is 0 Å². The number of nitrogens with one attached hydrogen (secondary N) is 1. The van der Waals surface area contributed by atoms with E-state index in [1.165, 1.54) is 16.7 Å². The summed E-state index contributed by atoms with van der Waals surface area (Å²) in [5.74, 6) is -0.116. The minimum absolute atomic E-state index is 0.116. The first-order valence-corrected chi connectivity index (χ1v) is 14.7. The Hall–Kier alpha value is -2.95. The molecule has 0 bridgehead atoms. The topological polar surface area (TPSA) is 41.6 Å². The van der Waals surface area contributed by atoms with Crippen molar-refractivity contribution in [2.45, 2.75) is 89.4 Å². The van der Waals surface area contributed by atoms with Crippen LogP contribution in [0.1, 0.15) is 82.9 Å². The van der Waals surface area contributed by atoms with Gasteiger partial charge in [0.25, 0.3) is 0 Å². The highest BCUT2D eigenvalue weighted by Gasteiger charge is 2.39. The Labute approximate surface area is 235 Å². The lowest BCUT2D eigenvalue weighted by molar-refractivity contribution is -0.157. The molecule has 4 heteroatoms. The predicted octanol–water partition coefficient (Wildman–Crippen LogP) is 7.32. The van der Waals surface area contributed by atoms with Gasteiger partial charge in [-0.2, -0.15) is 0 Å². The van der Waals surface area contributed by atoms with Crippen LogP contribution in [0.15, 0.2) is 91.0 Å². The molecule has 0 radical (unpaired) electrons. The molecule has 0 heterocycles. The van der Waals surface area contributed by atoms with Crippen LogP contribution in [0.3, 0.4) is 0 Å². The zero-order valence-corrected chi connectivity index (χ0v) is 24.2. The van der Waals surface area contributed by atoms with E-state index in [0.717, 1.165) is 45.1 Å². The number of carbonyl (C=O) groups is 1. The first-order chi connectivity index (χ1) is 18.8. The van der Waals surface area contributed by atoms with Gasteiger partial charge in [-0.15, -0.1) is 0 Å². The van der Waals surface area contributed by atoms with Gasteiger partial charge < -0.3 is 4.74 Å². The molecule has 0 atom stereocenters. The maximum absolute atomic E-state index is 12.7. The van der Waals surface area contributed by atoms with E-state index in [9.17, 15) is 4.79 Å². The van der Waals surface area contributed by atoms with Crippen LogP contribution in [-0.2, 0) is 15.1 Å². The van der Waals surface area contributed by atoms with Crippen LogP contribution in [-0.4, -0.2) is 41.6 Å². The molecule has 4 rings (SSSR count). The molecule has 0 aromatic heterocycles. The fourth-order valence-electron chi connectivity index (χ4n) is 6.00. The minimum Gasteiger partial charge on any atom is -0.459 e. The summed E-state index contributed by atoms with van der Waals surface area (Å²) in [6.45, 7) is 9.36. The second-order valence-corrected chi connectivity index (χ2v) is 11.9. The molecule has 1 N–H and O–H groups in total. The molecule has 208 valence electrons. The normalized spacial score (nSPS) is 18.2. The van der Waals surface area contributed by atoms with E-state index in [1.807, 2.05) is 20.8 Å². The molecule has 1 aliphatic rings. The lowest BCUT2D eigenvalue weighted by atomic mass is 9.75. The molecule has 0 saturated heterocycles. The third-order valence-electron chi connectivity index (χ3n) is 7.81. The number of benzene rings is 3. The quantitative estimate of drug-likeness (QED) is 0.210. The van der Waals surface area contributed by atoms with Crippen molar-refractivity contribution in [1.29, 1.82) is 0 Å². The highest BCUT2D eigenvalue weighted by atomic mass is 16.6. The number of carbonyl (C=O) groups excluding carboxylic acids is 1. The van der Waals surface area contributed by atoms with E-state index in [0.29, 0.717) is 18.6 Å². The summed E-state index contributed by atoms with van der Waals surface area (Å²) in [6.07, 6.45) is 6.48. The second-order valence-electron chi connectivity index (χ2n) is 11.9. The van der Waals surface area contributed by atoms with Gasteiger partial charge in [0.05, 0.1) is 12.1 Å². The minimum atomic E-state index is -0.454. The van der Waals surface area contributed by atoms with Crippen LogP contribution >= 0.6 is 0 Å². The van der Waals surface area contributed by atoms with Crippen molar-refractivity contribution in [3.63, 3.8) is 0 Å². The number of rotatable bonds is 11. The van der Waals surface area contributed by atoms with Gasteiger partial charge in [0.2, 0.25) is 0 Å². The fourth-order valence-corrected chi connectivity index (χ4v) is 6.00. The van der Waals surface area contributed by atoms with Crippen molar-refractivity contribution in [2.75, 3.05) is 13.1 Å². The maximum atomic E-state index is 12.7. The molecule has 39 heavy (non-hydrogen) atoms. The molecule has 0 spiro atoms. The summed E-state index contributed by atoms with van der Waals surface area (Å²) in [5.41, 5.74) is 2.85. The van der Waals surface area contributed by atoms with Crippen LogP contribution in [0.25, 0.3) is 0 Å². The van der Waals surface area contributed by atoms with Gasteiger partial charge in [0.15, 0.2) is 0 Å². The number of ether oxygens (including phenoxy) is 1. The molecule has 0 aliphatic heterocycles. The third kappa shape index (κ3) is 7.58. The van der Waals surface area contributed by atoms with E-state index < -0.39 is 11.1 Å². The third-order valence-corrected chi connectivity index (χ3v) is 7.81. The van der Waals surface area contributed by atoms with Gasteiger partial charge in [0.1, 0.15) is 5.60 Å². The summed E-state index contributed by atoms with van der Waals surface area (Å²) < 4.78 is 5.68. The van der Waals surface area contributed by atoms with Gasteiger partial charge in [0, 0.05) is 12.1 Å². The molecule has 1 saturated carbocycles. The molecule has 0 unspecified atom stereocenters. The number of nitrogens with zero attached hydrogens (tertiary/aromatic N) is 1. The molecule has 3 aromatic carbocycles. The average molecular weight is 527 g/mol. The van der Waals surface area contributed by atoms with Crippen LogP contribution in [0.2, 0.25) is 0 Å². The predicted molar refractivity (Wildman–Crippen MR) is 161 cm³/mol. The van der Waals surface area contributed by atoms with Crippen molar-refractivity contribution < 1.29 is 9.53 Å². The van der Waals surface area contributed by atoms with Crippen molar-refractivity contribution in [3.8, 4) is 0 Å². The van der Waals surface area contributed by atoms with Crippen molar-refractivity contribution in [3.05, 3.63) is 108 Å². The molecule has 1 aliphatic carbocycles. The zero-order chi connectivity index (χ0) is 27.7. The Bertz CT molecular complexity index is 1040. The lowest BCUT2D eigenvalue weighted by Gasteiger charge is -2.43. The SMILES string of the molecule is CCCCN(CC(=O)OC(C)(C)C)[C@H]1CC[C@H](NC(c2ccccc2)(c2ccccc2)c2ccccc2)CC1. The molecule has 1 fully saturated rings. The van der Waals surface area contributed by atoms with Gasteiger partial charge >= 0.3 is 5.97 Å². The largest absolute Gasteiger partial charge is 0.459 e. The smallest absolute Gasteiger partial charge is 0.320 e. The lowest BCUT2D eigenvalue weighted by Crippen LogP contribution is -2.52. The van der Waals surface area contributed by atoms with Crippen molar-refractivity contribution >= 4 is 5.97 Å². The van der Waals surface area contributed by atoms with Crippen LogP contribution in [0.5, 0.6) is 0 Å². The first kappa shape index (κ1) is 29.0. The average Bonchev–Trinajstić information content (AvgIpc) is 2.95.